The molecule has 2 aliphatic heterocycles. The van der Waals surface area contributed by atoms with Crippen molar-refractivity contribution in [2.45, 2.75) is 83.2 Å². The second-order valence-electron chi connectivity index (χ2n) is 13.7. The SMILES string of the molecule is CC(O/N=C(\C(=O)N[C@@H]1C(=O)N(OS(=O)(=O)O)C1(C)C)c1csc(N)n1)(C(=O)O)[C@H]1CCc2cc(C(=N)N[C@@H]3C[C@H](CN)C3(C)C)ccc2O1. The number of carboxylic acids is 1. The van der Waals surface area contributed by atoms with Gasteiger partial charge in [-0.25, -0.2) is 9.78 Å². The summed E-state index contributed by atoms with van der Waals surface area (Å²) in [5.74, 6) is -2.42. The minimum Gasteiger partial charge on any atom is -0.485 e. The fourth-order valence-electron chi connectivity index (χ4n) is 6.25. The van der Waals surface area contributed by atoms with Gasteiger partial charge >= 0.3 is 16.4 Å². The number of oxime groups is 1. The molecule has 272 valence electrons. The molecule has 1 aromatic heterocycles. The Bertz CT molecular complexity index is 1860. The molecule has 50 heavy (non-hydrogen) atoms. The Balaban J connectivity index is 1.32. The number of amidine groups is 1. The van der Waals surface area contributed by atoms with E-state index in [9.17, 15) is 27.9 Å². The maximum absolute atomic E-state index is 13.5. The number of hydrogen-bond acceptors (Lipinski definition) is 14. The number of nitrogen functional groups attached to an aromatic ring is 1. The molecule has 0 bridgehead atoms. The van der Waals surface area contributed by atoms with Gasteiger partial charge in [-0.2, -0.15) is 13.5 Å². The number of hydrogen-bond donors (Lipinski definition) is 7. The maximum atomic E-state index is 13.5. The summed E-state index contributed by atoms with van der Waals surface area (Å²) < 4.78 is 41.8. The summed E-state index contributed by atoms with van der Waals surface area (Å²) in [6.07, 6.45) is 0.367. The summed E-state index contributed by atoms with van der Waals surface area (Å²) in [5.41, 5.74) is 8.83. The van der Waals surface area contributed by atoms with Gasteiger partial charge in [-0.15, -0.1) is 15.6 Å². The highest BCUT2D eigenvalue weighted by Gasteiger charge is 2.58. The average molecular weight is 737 g/mol. The number of nitrogens with two attached hydrogens (primary N) is 2. The molecule has 0 radical (unpaired) electrons. The van der Waals surface area contributed by atoms with Crippen LogP contribution in [0, 0.1) is 16.7 Å². The number of aromatic nitrogens is 1. The van der Waals surface area contributed by atoms with Crippen LogP contribution in [0.5, 0.6) is 5.75 Å². The van der Waals surface area contributed by atoms with Crippen LogP contribution in [0.2, 0.25) is 0 Å². The van der Waals surface area contributed by atoms with Crippen LogP contribution >= 0.6 is 11.3 Å². The number of amides is 2. The number of fused-ring (bicyclic) bond motifs is 1. The third-order valence-electron chi connectivity index (χ3n) is 9.83. The average Bonchev–Trinajstić information content (AvgIpc) is 3.48. The molecule has 1 aliphatic carbocycles. The van der Waals surface area contributed by atoms with Crippen LogP contribution < -0.4 is 26.8 Å². The molecule has 1 saturated carbocycles. The zero-order valence-corrected chi connectivity index (χ0v) is 29.6. The topological polar surface area (TPSA) is 282 Å². The minimum absolute atomic E-state index is 0.0466. The van der Waals surface area contributed by atoms with E-state index in [4.69, 9.17) is 31.0 Å². The largest absolute Gasteiger partial charge is 0.485 e. The van der Waals surface area contributed by atoms with E-state index < -0.39 is 57.2 Å². The molecule has 5 atom stereocenters. The normalized spacial score (nSPS) is 25.1. The highest BCUT2D eigenvalue weighted by Crippen LogP contribution is 2.45. The number of β-lactam (4-membered cyclic amide) rings is 1. The van der Waals surface area contributed by atoms with Crippen molar-refractivity contribution in [3.8, 4) is 5.75 Å². The number of hydroxylamine groups is 2. The Morgan fingerprint density at radius 2 is 1.98 bits per heavy atom. The number of nitrogens with one attached hydrogen (secondary N) is 3. The third kappa shape index (κ3) is 6.84. The molecule has 0 spiro atoms. The van der Waals surface area contributed by atoms with Crippen molar-refractivity contribution in [1.29, 1.82) is 5.41 Å². The number of carbonyl (C=O) groups excluding carboxylic acids is 2. The lowest BCUT2D eigenvalue weighted by molar-refractivity contribution is -0.218. The van der Waals surface area contributed by atoms with Crippen molar-refractivity contribution in [2.75, 3.05) is 12.3 Å². The third-order valence-corrected chi connectivity index (χ3v) is 10.8. The Morgan fingerprint density at radius 1 is 1.28 bits per heavy atom. The smallest absolute Gasteiger partial charge is 0.418 e. The van der Waals surface area contributed by atoms with E-state index in [-0.39, 0.29) is 34.5 Å². The van der Waals surface area contributed by atoms with Crippen molar-refractivity contribution >= 4 is 56.2 Å². The number of thiazole rings is 1. The van der Waals surface area contributed by atoms with Crippen LogP contribution in [0.4, 0.5) is 5.13 Å². The molecule has 2 fully saturated rings. The van der Waals surface area contributed by atoms with Crippen LogP contribution in [-0.2, 0) is 40.3 Å². The molecular weight excluding hydrogens is 697 g/mol. The van der Waals surface area contributed by atoms with Gasteiger partial charge in [-0.05, 0) is 81.7 Å². The van der Waals surface area contributed by atoms with Gasteiger partial charge in [0.15, 0.2) is 16.9 Å². The maximum Gasteiger partial charge on any atom is 0.418 e. The van der Waals surface area contributed by atoms with Gasteiger partial charge in [0.2, 0.25) is 0 Å². The predicted octanol–water partition coefficient (Wildman–Crippen LogP) is 0.811. The molecule has 1 aromatic carbocycles. The van der Waals surface area contributed by atoms with Crippen LogP contribution in [0.1, 0.15) is 64.3 Å². The van der Waals surface area contributed by atoms with Crippen molar-refractivity contribution in [2.24, 2.45) is 22.2 Å². The first kappa shape index (κ1) is 36.9. The second kappa shape index (κ2) is 13.1. The quantitative estimate of drug-likeness (QED) is 0.0522. The molecule has 9 N–H and O–H groups in total. The predicted molar refractivity (Wildman–Crippen MR) is 180 cm³/mol. The summed E-state index contributed by atoms with van der Waals surface area (Å²) in [4.78, 5) is 48.4. The van der Waals surface area contributed by atoms with Gasteiger partial charge in [0.25, 0.3) is 17.4 Å². The van der Waals surface area contributed by atoms with Gasteiger partial charge in [0.05, 0.1) is 5.54 Å². The molecule has 3 aliphatic rings. The number of ether oxygens (including phenoxy) is 1. The Labute approximate surface area is 291 Å². The molecule has 1 unspecified atom stereocenters. The Kier molecular flexibility index (Phi) is 9.64. The van der Waals surface area contributed by atoms with Crippen molar-refractivity contribution < 1.29 is 46.3 Å². The van der Waals surface area contributed by atoms with Crippen LogP contribution in [0.25, 0.3) is 0 Å². The van der Waals surface area contributed by atoms with Crippen LogP contribution in [0.3, 0.4) is 0 Å². The first-order valence-electron chi connectivity index (χ1n) is 15.6. The van der Waals surface area contributed by atoms with Gasteiger partial charge < -0.3 is 36.8 Å². The van der Waals surface area contributed by atoms with E-state index in [1.807, 2.05) is 6.07 Å². The number of benzene rings is 1. The van der Waals surface area contributed by atoms with Crippen molar-refractivity contribution in [3.05, 3.63) is 40.4 Å². The molecular formula is C30H40N8O10S2. The summed E-state index contributed by atoms with van der Waals surface area (Å²) in [6.45, 7) is 8.82. The molecule has 5 rings (SSSR count). The Morgan fingerprint density at radius 3 is 2.54 bits per heavy atom. The summed E-state index contributed by atoms with van der Waals surface area (Å²) >= 11 is 0.962. The summed E-state index contributed by atoms with van der Waals surface area (Å²) in [7, 11) is -5.03. The standard InChI is InChI=1S/C30H40N8O10S2/c1-28(2)16(12-31)11-19(28)35-23(32)15-6-8-18-14(10-15)7-9-20(46-18)30(5,26(41)42)47-37-21(17-13-49-27(33)34-17)24(39)36-22-25(40)38(29(22,3)4)48-50(43,44)45/h6,8,10,13,16,19-20,22H,7,9,11-12,31H2,1-5H3,(H2,32,35)(H2,33,34)(H,36,39)(H,41,42)(H,43,44,45)/b37-21-/t16-,19-,20-,22-,30?/m1/s1. The summed E-state index contributed by atoms with van der Waals surface area (Å²) in [6, 6.07) is 3.96. The van der Waals surface area contributed by atoms with Gasteiger partial charge in [0.1, 0.15) is 23.3 Å². The van der Waals surface area contributed by atoms with E-state index >= 15 is 0 Å². The number of anilines is 1. The fourth-order valence-corrected chi connectivity index (χ4v) is 7.25. The number of aryl methyl sites for hydroxylation is 1. The monoisotopic (exact) mass is 736 g/mol. The lowest BCUT2D eigenvalue weighted by Crippen LogP contribution is -2.76. The van der Waals surface area contributed by atoms with Crippen LogP contribution in [-0.4, -0.2) is 93.3 Å². The summed E-state index contributed by atoms with van der Waals surface area (Å²) in [5, 5.41) is 30.3. The first-order valence-corrected chi connectivity index (χ1v) is 17.8. The van der Waals surface area contributed by atoms with Crippen LogP contribution in [0.15, 0.2) is 28.7 Å². The number of aliphatic carboxylic acids is 1. The lowest BCUT2D eigenvalue weighted by atomic mass is 9.58. The Hall–Kier alpha value is -4.37. The zero-order chi connectivity index (χ0) is 37.0. The van der Waals surface area contributed by atoms with Gasteiger partial charge in [-0.1, -0.05) is 19.0 Å². The van der Waals surface area contributed by atoms with E-state index in [1.165, 1.54) is 26.2 Å². The van der Waals surface area contributed by atoms with E-state index in [0.29, 0.717) is 35.3 Å². The lowest BCUT2D eigenvalue weighted by Gasteiger charge is -2.52. The molecule has 2 amide bonds. The van der Waals surface area contributed by atoms with Crippen molar-refractivity contribution in [3.63, 3.8) is 0 Å². The minimum atomic E-state index is -5.03. The number of carbonyl (C=O) groups is 3. The molecule has 1 saturated heterocycles. The number of rotatable bonds is 12. The number of carboxylic acid groups (broad SMARTS) is 1. The molecule has 3 heterocycles. The van der Waals surface area contributed by atoms with Gasteiger partial charge in [0, 0.05) is 17.0 Å². The fraction of sp³-hybridized carbons (Fsp3) is 0.533. The highest BCUT2D eigenvalue weighted by atomic mass is 32.3. The first-order chi connectivity index (χ1) is 23.2. The van der Waals surface area contributed by atoms with E-state index in [2.05, 4.69) is 38.9 Å². The zero-order valence-electron chi connectivity index (χ0n) is 27.9. The van der Waals surface area contributed by atoms with E-state index in [0.717, 1.165) is 23.3 Å². The van der Waals surface area contributed by atoms with E-state index in [1.54, 1.807) is 12.1 Å². The molecule has 20 heteroatoms. The van der Waals surface area contributed by atoms with Crippen molar-refractivity contribution in [1.82, 2.24) is 20.7 Å². The number of nitrogens with zero attached hydrogens (tertiary/aromatic N) is 3. The molecule has 18 nitrogen and oxygen atoms in total. The second-order valence-corrected chi connectivity index (χ2v) is 15.6. The highest BCUT2D eigenvalue weighted by molar-refractivity contribution is 7.80. The van der Waals surface area contributed by atoms with Gasteiger partial charge in [-0.3, -0.25) is 19.6 Å². The molecule has 2 aromatic rings.